The van der Waals surface area contributed by atoms with Gasteiger partial charge in [0, 0.05) is 22.1 Å². The third-order valence-electron chi connectivity index (χ3n) is 3.16. The highest BCUT2D eigenvalue weighted by molar-refractivity contribution is 7.98. The topological polar surface area (TPSA) is 97.4 Å². The number of carbonyl (C=O) groups is 3. The number of hydrogen-bond acceptors (Lipinski definition) is 7. The lowest BCUT2D eigenvalue weighted by atomic mass is 10.2. The maximum absolute atomic E-state index is 12.3. The Morgan fingerprint density at radius 1 is 1.26 bits per heavy atom. The molecule has 7 nitrogen and oxygen atoms in total. The summed E-state index contributed by atoms with van der Waals surface area (Å²) in [5, 5.41) is 7.59. The number of aromatic nitrogens is 1. The highest BCUT2D eigenvalue weighted by Gasteiger charge is 2.16. The summed E-state index contributed by atoms with van der Waals surface area (Å²) in [5.74, 6) is -0.679. The van der Waals surface area contributed by atoms with Gasteiger partial charge in [-0.3, -0.25) is 10.1 Å². The van der Waals surface area contributed by atoms with E-state index in [2.05, 4.69) is 15.6 Å². The molecule has 9 heteroatoms. The number of nitrogens with zero attached hydrogens (tertiary/aromatic N) is 1. The number of rotatable bonds is 7. The Morgan fingerprint density at radius 3 is 2.67 bits per heavy atom. The monoisotopic (exact) mass is 407 g/mol. The Kier molecular flexibility index (Phi) is 7.81. The van der Waals surface area contributed by atoms with Gasteiger partial charge in [-0.1, -0.05) is 12.1 Å². The number of imide groups is 1. The molecule has 144 valence electrons. The van der Waals surface area contributed by atoms with E-state index in [9.17, 15) is 14.4 Å². The largest absolute Gasteiger partial charge is 0.452 e. The number of carbonyl (C=O) groups excluding carboxylic acids is 3. The lowest BCUT2D eigenvalue weighted by Gasteiger charge is -2.10. The minimum absolute atomic E-state index is 0.106. The van der Waals surface area contributed by atoms with Gasteiger partial charge in [0.25, 0.3) is 5.91 Å². The number of hydrogen-bond donors (Lipinski definition) is 2. The van der Waals surface area contributed by atoms with Crippen molar-refractivity contribution in [1.29, 1.82) is 0 Å². The third kappa shape index (κ3) is 7.03. The van der Waals surface area contributed by atoms with Crippen LogP contribution in [0.1, 0.15) is 34.9 Å². The van der Waals surface area contributed by atoms with Crippen LogP contribution in [0.3, 0.4) is 0 Å². The predicted octanol–water partition coefficient (Wildman–Crippen LogP) is 3.13. The van der Waals surface area contributed by atoms with Crippen molar-refractivity contribution < 1.29 is 19.1 Å². The maximum Gasteiger partial charge on any atom is 0.339 e. The molecule has 1 aromatic heterocycles. The van der Waals surface area contributed by atoms with Crippen LogP contribution in [0.15, 0.2) is 34.5 Å². The van der Waals surface area contributed by atoms with Gasteiger partial charge in [0.2, 0.25) is 0 Å². The van der Waals surface area contributed by atoms with Gasteiger partial charge in [-0.15, -0.1) is 23.1 Å². The summed E-state index contributed by atoms with van der Waals surface area (Å²) in [6.45, 7) is 4.95. The molecule has 0 saturated heterocycles. The number of ether oxygens (including phenoxy) is 1. The molecule has 1 aromatic carbocycles. The van der Waals surface area contributed by atoms with Crippen LogP contribution in [-0.4, -0.2) is 35.5 Å². The van der Waals surface area contributed by atoms with Gasteiger partial charge >= 0.3 is 12.0 Å². The second kappa shape index (κ2) is 10.1. The Labute approximate surface area is 165 Å². The summed E-state index contributed by atoms with van der Waals surface area (Å²) in [4.78, 5) is 40.6. The third-order valence-corrected chi connectivity index (χ3v) is 5.09. The van der Waals surface area contributed by atoms with E-state index < -0.39 is 24.5 Å². The van der Waals surface area contributed by atoms with Gasteiger partial charge in [0.05, 0.1) is 16.3 Å². The molecule has 0 fully saturated rings. The van der Waals surface area contributed by atoms with Crippen molar-refractivity contribution >= 4 is 41.0 Å². The number of aryl methyl sites for hydroxylation is 1. The van der Waals surface area contributed by atoms with E-state index in [1.165, 1.54) is 11.8 Å². The molecule has 2 aromatic rings. The number of benzene rings is 1. The molecule has 0 aliphatic carbocycles. The van der Waals surface area contributed by atoms with E-state index >= 15 is 0 Å². The van der Waals surface area contributed by atoms with Crippen LogP contribution in [-0.2, 0) is 15.3 Å². The smallest absolute Gasteiger partial charge is 0.339 e. The number of thioether (sulfide) groups is 1. The first-order valence-corrected chi connectivity index (χ1v) is 10.1. The van der Waals surface area contributed by atoms with Crippen LogP contribution in [0.5, 0.6) is 0 Å². The molecule has 2 rings (SSSR count). The molecular formula is C18H21N3O4S2. The SMILES string of the molecule is Cc1nc(CSc2ccccc2C(=O)OCC(=O)NC(=O)NC(C)C)cs1. The van der Waals surface area contributed by atoms with Crippen molar-refractivity contribution in [3.63, 3.8) is 0 Å². The van der Waals surface area contributed by atoms with E-state index in [0.717, 1.165) is 15.6 Å². The molecule has 0 atom stereocenters. The zero-order chi connectivity index (χ0) is 19.8. The minimum Gasteiger partial charge on any atom is -0.452 e. The van der Waals surface area contributed by atoms with E-state index in [0.29, 0.717) is 11.3 Å². The second-order valence-electron chi connectivity index (χ2n) is 5.90. The number of urea groups is 1. The minimum atomic E-state index is -0.690. The summed E-state index contributed by atoms with van der Waals surface area (Å²) in [6, 6.07) is 6.28. The molecule has 27 heavy (non-hydrogen) atoms. The van der Waals surface area contributed by atoms with E-state index in [4.69, 9.17) is 4.74 Å². The first-order valence-electron chi connectivity index (χ1n) is 8.25. The average molecular weight is 408 g/mol. The van der Waals surface area contributed by atoms with Crippen molar-refractivity contribution in [2.75, 3.05) is 6.61 Å². The van der Waals surface area contributed by atoms with E-state index in [1.54, 1.807) is 37.3 Å². The second-order valence-corrected chi connectivity index (χ2v) is 7.97. The average Bonchev–Trinajstić information content (AvgIpc) is 3.02. The molecule has 0 spiro atoms. The van der Waals surface area contributed by atoms with Crippen molar-refractivity contribution in [2.24, 2.45) is 0 Å². The molecular weight excluding hydrogens is 386 g/mol. The fourth-order valence-corrected chi connectivity index (χ4v) is 3.71. The van der Waals surface area contributed by atoms with Gasteiger partial charge < -0.3 is 10.1 Å². The van der Waals surface area contributed by atoms with Crippen molar-refractivity contribution in [3.8, 4) is 0 Å². The van der Waals surface area contributed by atoms with Crippen LogP contribution in [0.4, 0.5) is 4.79 Å². The van der Waals surface area contributed by atoms with Gasteiger partial charge in [-0.25, -0.2) is 14.6 Å². The lowest BCUT2D eigenvalue weighted by molar-refractivity contribution is -0.123. The van der Waals surface area contributed by atoms with Gasteiger partial charge in [-0.2, -0.15) is 0 Å². The fourth-order valence-electron chi connectivity index (χ4n) is 2.06. The molecule has 3 amide bonds. The highest BCUT2D eigenvalue weighted by Crippen LogP contribution is 2.27. The quantitative estimate of drug-likeness (QED) is 0.541. The molecule has 0 saturated carbocycles. The van der Waals surface area contributed by atoms with Crippen LogP contribution in [0.2, 0.25) is 0 Å². The molecule has 0 unspecified atom stereocenters. The van der Waals surface area contributed by atoms with Gasteiger partial charge in [-0.05, 0) is 32.9 Å². The molecule has 0 aliphatic heterocycles. The molecule has 0 bridgehead atoms. The van der Waals surface area contributed by atoms with E-state index in [-0.39, 0.29) is 6.04 Å². The molecule has 0 aliphatic rings. The van der Waals surface area contributed by atoms with Crippen molar-refractivity contribution in [1.82, 2.24) is 15.6 Å². The summed E-state index contributed by atoms with van der Waals surface area (Å²) in [6.07, 6.45) is 0. The Balaban J connectivity index is 1.90. The number of nitrogens with one attached hydrogen (secondary N) is 2. The Hall–Kier alpha value is -2.39. The summed E-state index contributed by atoms with van der Waals surface area (Å²) < 4.78 is 5.03. The maximum atomic E-state index is 12.3. The van der Waals surface area contributed by atoms with Crippen LogP contribution in [0.25, 0.3) is 0 Å². The Morgan fingerprint density at radius 2 is 2.00 bits per heavy atom. The van der Waals surface area contributed by atoms with Gasteiger partial charge in [0.15, 0.2) is 6.61 Å². The van der Waals surface area contributed by atoms with E-state index in [1.807, 2.05) is 24.4 Å². The number of amides is 3. The predicted molar refractivity (Wildman–Crippen MR) is 105 cm³/mol. The van der Waals surface area contributed by atoms with Crippen molar-refractivity contribution in [2.45, 2.75) is 37.5 Å². The molecule has 2 N–H and O–H groups in total. The Bertz CT molecular complexity index is 820. The first-order chi connectivity index (χ1) is 12.8. The molecule has 0 radical (unpaired) electrons. The van der Waals surface area contributed by atoms with Crippen LogP contribution < -0.4 is 10.6 Å². The zero-order valence-corrected chi connectivity index (χ0v) is 16.9. The number of thiazole rings is 1. The van der Waals surface area contributed by atoms with Gasteiger partial charge in [0.1, 0.15) is 0 Å². The standard InChI is InChI=1S/C18H21N3O4S2/c1-11(2)19-18(24)21-16(22)8-25-17(23)14-6-4-5-7-15(14)27-10-13-9-26-12(3)20-13/h4-7,9,11H,8,10H2,1-3H3,(H2,19,21,22,24). The fraction of sp³-hybridized carbons (Fsp3) is 0.333. The van der Waals surface area contributed by atoms with Crippen molar-refractivity contribution in [3.05, 3.63) is 45.9 Å². The number of esters is 1. The zero-order valence-electron chi connectivity index (χ0n) is 15.3. The lowest BCUT2D eigenvalue weighted by Crippen LogP contribution is -2.44. The summed E-state index contributed by atoms with van der Waals surface area (Å²) in [7, 11) is 0. The highest BCUT2D eigenvalue weighted by atomic mass is 32.2. The summed E-state index contributed by atoms with van der Waals surface area (Å²) >= 11 is 3.05. The normalized spacial score (nSPS) is 10.5. The van der Waals surface area contributed by atoms with Crippen LogP contribution in [0, 0.1) is 6.92 Å². The van der Waals surface area contributed by atoms with Crippen LogP contribution >= 0.6 is 23.1 Å². The first kappa shape index (κ1) is 20.9. The summed E-state index contributed by atoms with van der Waals surface area (Å²) in [5.41, 5.74) is 1.31. The molecule has 1 heterocycles.